The van der Waals surface area contributed by atoms with Crippen molar-refractivity contribution in [3.8, 4) is 17.2 Å². The summed E-state index contributed by atoms with van der Waals surface area (Å²) in [7, 11) is 0. The third-order valence-corrected chi connectivity index (χ3v) is 2.71. The summed E-state index contributed by atoms with van der Waals surface area (Å²) in [5, 5.41) is 18.2. The summed E-state index contributed by atoms with van der Waals surface area (Å²) in [5.41, 5.74) is 1.78. The zero-order valence-corrected chi connectivity index (χ0v) is 10.7. The minimum Gasteiger partial charge on any atom is -0.508 e. The van der Waals surface area contributed by atoms with Crippen molar-refractivity contribution in [2.24, 2.45) is 0 Å². The summed E-state index contributed by atoms with van der Waals surface area (Å²) in [5.74, 6) is 1.37. The van der Waals surface area contributed by atoms with E-state index in [1.807, 2.05) is 25.1 Å². The topological polar surface area (TPSA) is 58.9 Å². The molecule has 0 bridgehead atoms. The Hall–Kier alpha value is -2.20. The molecule has 2 rings (SSSR count). The van der Waals surface area contributed by atoms with Crippen LogP contribution in [0.3, 0.4) is 0 Å². The second-order valence-electron chi connectivity index (χ2n) is 4.12. The molecule has 0 aliphatic carbocycles. The molecular formula is C15H16O4. The number of ether oxygens (including phenoxy) is 2. The van der Waals surface area contributed by atoms with Crippen LogP contribution in [0.5, 0.6) is 17.2 Å². The quantitative estimate of drug-likeness (QED) is 0.811. The summed E-state index contributed by atoms with van der Waals surface area (Å²) in [6.45, 7) is 1.84. The molecule has 100 valence electrons. The summed E-state index contributed by atoms with van der Waals surface area (Å²) in [4.78, 5) is 0. The Labute approximate surface area is 111 Å². The first-order valence-electron chi connectivity index (χ1n) is 5.94. The minimum atomic E-state index is -0.371. The van der Waals surface area contributed by atoms with Gasteiger partial charge in [-0.2, -0.15) is 0 Å². The molecule has 0 spiro atoms. The number of para-hydroxylation sites is 1. The number of aromatic hydroxyl groups is 1. The van der Waals surface area contributed by atoms with Crippen LogP contribution in [0.25, 0.3) is 0 Å². The van der Waals surface area contributed by atoms with Gasteiger partial charge in [0.1, 0.15) is 23.9 Å². The van der Waals surface area contributed by atoms with E-state index in [0.29, 0.717) is 18.1 Å². The van der Waals surface area contributed by atoms with Crippen LogP contribution >= 0.6 is 0 Å². The van der Waals surface area contributed by atoms with E-state index in [9.17, 15) is 5.11 Å². The molecule has 0 amide bonds. The molecule has 0 unspecified atom stereocenters. The van der Waals surface area contributed by atoms with E-state index in [1.165, 1.54) is 0 Å². The maximum atomic E-state index is 9.36. The molecule has 0 radical (unpaired) electrons. The van der Waals surface area contributed by atoms with Crippen LogP contribution in [0.2, 0.25) is 0 Å². The summed E-state index contributed by atoms with van der Waals surface area (Å²) in [6, 6.07) is 12.3. The molecule has 0 saturated carbocycles. The highest BCUT2D eigenvalue weighted by Gasteiger charge is 2.07. The first kappa shape index (κ1) is 13.2. The lowest BCUT2D eigenvalue weighted by Gasteiger charge is -2.13. The third kappa shape index (κ3) is 3.39. The zero-order valence-electron chi connectivity index (χ0n) is 10.7. The molecule has 0 saturated heterocycles. The van der Waals surface area contributed by atoms with E-state index < -0.39 is 0 Å². The highest BCUT2D eigenvalue weighted by molar-refractivity contribution is 5.41. The van der Waals surface area contributed by atoms with E-state index in [2.05, 4.69) is 0 Å². The Bertz CT molecular complexity index is 552. The van der Waals surface area contributed by atoms with Crippen molar-refractivity contribution in [1.82, 2.24) is 0 Å². The van der Waals surface area contributed by atoms with Crippen molar-refractivity contribution in [1.29, 1.82) is 0 Å². The molecule has 4 nitrogen and oxygen atoms in total. The van der Waals surface area contributed by atoms with Crippen LogP contribution in [-0.2, 0) is 6.61 Å². The van der Waals surface area contributed by atoms with Gasteiger partial charge in [-0.3, -0.25) is 0 Å². The third-order valence-electron chi connectivity index (χ3n) is 2.71. The van der Waals surface area contributed by atoms with Gasteiger partial charge in [0.25, 0.3) is 0 Å². The van der Waals surface area contributed by atoms with Gasteiger partial charge in [0, 0.05) is 11.6 Å². The van der Waals surface area contributed by atoms with E-state index >= 15 is 0 Å². The van der Waals surface area contributed by atoms with E-state index in [-0.39, 0.29) is 12.5 Å². The maximum Gasteiger partial charge on any atom is 0.186 e. The number of aryl methyl sites for hydroxylation is 1. The van der Waals surface area contributed by atoms with Gasteiger partial charge in [-0.25, -0.2) is 0 Å². The Kier molecular flexibility index (Phi) is 4.26. The Morgan fingerprint density at radius 2 is 1.84 bits per heavy atom. The van der Waals surface area contributed by atoms with Crippen molar-refractivity contribution in [3.05, 3.63) is 53.6 Å². The number of phenolic OH excluding ortho intramolecular Hbond substituents is 1. The monoisotopic (exact) mass is 260 g/mol. The van der Waals surface area contributed by atoms with Crippen LogP contribution in [0.15, 0.2) is 42.5 Å². The van der Waals surface area contributed by atoms with Crippen molar-refractivity contribution < 1.29 is 19.7 Å². The van der Waals surface area contributed by atoms with Gasteiger partial charge in [-0.15, -0.1) is 0 Å². The fraction of sp³-hybridized carbons (Fsp3) is 0.200. The van der Waals surface area contributed by atoms with Crippen LogP contribution in [0, 0.1) is 6.92 Å². The molecular weight excluding hydrogens is 244 g/mol. The fourth-order valence-corrected chi connectivity index (χ4v) is 1.83. The Balaban J connectivity index is 2.13. The normalized spacial score (nSPS) is 10.2. The van der Waals surface area contributed by atoms with Crippen molar-refractivity contribution in [2.45, 2.75) is 13.5 Å². The molecule has 2 aromatic carbocycles. The number of benzene rings is 2. The second kappa shape index (κ2) is 6.11. The minimum absolute atomic E-state index is 0.161. The maximum absolute atomic E-state index is 9.36. The largest absolute Gasteiger partial charge is 0.508 e. The van der Waals surface area contributed by atoms with E-state index in [4.69, 9.17) is 14.6 Å². The number of hydrogen-bond donors (Lipinski definition) is 2. The standard InChI is InChI=1S/C15H16O4/c1-11-4-2-5-12(15(11)19-10-16)9-18-14-7-3-6-13(17)8-14/h2-8,16-17H,9-10H2,1H3. The van der Waals surface area contributed by atoms with Gasteiger partial charge in [0.2, 0.25) is 0 Å². The molecule has 2 N–H and O–H groups in total. The Morgan fingerprint density at radius 3 is 2.58 bits per heavy atom. The van der Waals surface area contributed by atoms with Crippen LogP contribution in [-0.4, -0.2) is 17.0 Å². The molecule has 4 heteroatoms. The first-order chi connectivity index (χ1) is 9.20. The lowest BCUT2D eigenvalue weighted by molar-refractivity contribution is 0.0955. The highest BCUT2D eigenvalue weighted by atomic mass is 16.6. The number of aliphatic hydroxyl groups excluding tert-OH is 1. The summed E-state index contributed by atoms with van der Waals surface area (Å²) in [6.07, 6.45) is 0. The molecule has 0 aromatic heterocycles. The zero-order chi connectivity index (χ0) is 13.7. The first-order valence-corrected chi connectivity index (χ1v) is 5.94. The number of phenols is 1. The molecule has 0 aliphatic heterocycles. The van der Waals surface area contributed by atoms with Crippen molar-refractivity contribution >= 4 is 0 Å². The average molecular weight is 260 g/mol. The lowest BCUT2D eigenvalue weighted by atomic mass is 10.1. The SMILES string of the molecule is Cc1cccc(COc2cccc(O)c2)c1OCO. The highest BCUT2D eigenvalue weighted by Crippen LogP contribution is 2.25. The van der Waals surface area contributed by atoms with Gasteiger partial charge in [0.05, 0.1) is 0 Å². The molecule has 0 atom stereocenters. The van der Waals surface area contributed by atoms with Crippen molar-refractivity contribution in [2.75, 3.05) is 6.79 Å². The van der Waals surface area contributed by atoms with Crippen LogP contribution in [0.4, 0.5) is 0 Å². The lowest BCUT2D eigenvalue weighted by Crippen LogP contribution is -2.03. The number of rotatable bonds is 5. The fourth-order valence-electron chi connectivity index (χ4n) is 1.83. The molecule has 0 heterocycles. The van der Waals surface area contributed by atoms with Crippen LogP contribution in [0.1, 0.15) is 11.1 Å². The second-order valence-corrected chi connectivity index (χ2v) is 4.12. The predicted molar refractivity (Wildman–Crippen MR) is 71.3 cm³/mol. The molecule has 0 fully saturated rings. The van der Waals surface area contributed by atoms with E-state index in [1.54, 1.807) is 24.3 Å². The predicted octanol–water partition coefficient (Wildman–Crippen LogP) is 2.61. The van der Waals surface area contributed by atoms with Gasteiger partial charge < -0.3 is 19.7 Å². The van der Waals surface area contributed by atoms with Crippen molar-refractivity contribution in [3.63, 3.8) is 0 Å². The van der Waals surface area contributed by atoms with Gasteiger partial charge in [-0.1, -0.05) is 24.3 Å². The van der Waals surface area contributed by atoms with Crippen LogP contribution < -0.4 is 9.47 Å². The smallest absolute Gasteiger partial charge is 0.186 e. The van der Waals surface area contributed by atoms with Gasteiger partial charge >= 0.3 is 0 Å². The summed E-state index contributed by atoms with van der Waals surface area (Å²) >= 11 is 0. The molecule has 19 heavy (non-hydrogen) atoms. The van der Waals surface area contributed by atoms with E-state index in [0.717, 1.165) is 11.1 Å². The average Bonchev–Trinajstić information content (AvgIpc) is 2.40. The number of aliphatic hydroxyl groups is 1. The summed E-state index contributed by atoms with van der Waals surface area (Å²) < 4.78 is 10.8. The van der Waals surface area contributed by atoms with Gasteiger partial charge in [-0.05, 0) is 24.6 Å². The molecule has 0 aliphatic rings. The Morgan fingerprint density at radius 1 is 1.05 bits per heavy atom. The van der Waals surface area contributed by atoms with Gasteiger partial charge in [0.15, 0.2) is 6.79 Å². The number of hydrogen-bond acceptors (Lipinski definition) is 4. The molecule has 2 aromatic rings.